The van der Waals surface area contributed by atoms with Crippen LogP contribution in [0.15, 0.2) is 0 Å². The number of amides is 16. The molecule has 0 spiro atoms. The van der Waals surface area contributed by atoms with Gasteiger partial charge in [-0.3, -0.25) is 91.1 Å². The van der Waals surface area contributed by atoms with Crippen LogP contribution in [0.3, 0.4) is 0 Å². The first kappa shape index (κ1) is 98.6. The van der Waals surface area contributed by atoms with Crippen LogP contribution in [0.2, 0.25) is 0 Å². The number of nitrogens with one attached hydrogen (secondary N) is 14. The van der Waals surface area contributed by atoms with Crippen molar-refractivity contribution in [3.05, 3.63) is 0 Å². The molecule has 0 aromatic carbocycles. The number of carbonyl (C=O) groups is 20. The molecule has 616 valence electrons. The van der Waals surface area contributed by atoms with Gasteiger partial charge in [0.1, 0.15) is 90.6 Å². The predicted molar refractivity (Wildman–Crippen MR) is 377 cm³/mol. The van der Waals surface area contributed by atoms with E-state index >= 15 is 0 Å². The van der Waals surface area contributed by atoms with Crippen molar-refractivity contribution >= 4 is 131 Å². The van der Waals surface area contributed by atoms with E-state index in [-0.39, 0.29) is 12.8 Å². The Morgan fingerprint density at radius 1 is 0.321 bits per heavy atom. The van der Waals surface area contributed by atoms with Crippen molar-refractivity contribution in [3.63, 3.8) is 0 Å². The summed E-state index contributed by atoms with van der Waals surface area (Å²) in [4.78, 5) is 260. The fraction of sp³-hybridized carbons (Fsp3) is 0.683. The minimum absolute atomic E-state index is 0.162. The fourth-order valence-corrected chi connectivity index (χ4v) is 9.83. The summed E-state index contributed by atoms with van der Waals surface area (Å²) in [5.41, 5.74) is 15.8. The molecule has 0 saturated carbocycles. The minimum Gasteiger partial charge on any atom is -0.481 e. The van der Waals surface area contributed by atoms with Gasteiger partial charge in [-0.2, -0.15) is 12.6 Å². The summed E-state index contributed by atoms with van der Waals surface area (Å²) in [5, 5.41) is 110. The summed E-state index contributed by atoms with van der Waals surface area (Å²) in [5.74, 6) is -27.5. The number of nitrogens with two attached hydrogens (primary N) is 3. The molecule has 0 aromatic heterocycles. The summed E-state index contributed by atoms with van der Waals surface area (Å²) in [6, 6.07) is -26.4. The average Bonchev–Trinajstić information content (AvgIpc) is 0.853. The Hall–Kier alpha value is -10.4. The summed E-state index contributed by atoms with van der Waals surface area (Å²) in [7, 11) is 0. The molecule has 0 rings (SSSR count). The third-order valence-electron chi connectivity index (χ3n) is 15.7. The first-order valence-corrected chi connectivity index (χ1v) is 34.8. The summed E-state index contributed by atoms with van der Waals surface area (Å²) >= 11 is 4.05. The molecule has 16 amide bonds. The molecule has 0 aliphatic rings. The van der Waals surface area contributed by atoms with Crippen LogP contribution in [0.5, 0.6) is 0 Å². The molecule has 109 heavy (non-hydrogen) atoms. The molecule has 0 heterocycles. The predicted octanol–water partition coefficient (Wildman–Crippen LogP) is -11.0. The van der Waals surface area contributed by atoms with Gasteiger partial charge >= 0.3 is 23.9 Å². The van der Waals surface area contributed by atoms with Crippen LogP contribution in [0.4, 0.5) is 0 Å². The van der Waals surface area contributed by atoms with Gasteiger partial charge in [0.05, 0.1) is 38.3 Å². The van der Waals surface area contributed by atoms with Gasteiger partial charge in [-0.25, -0.2) is 4.79 Å². The summed E-state index contributed by atoms with van der Waals surface area (Å²) in [6.07, 6.45) is -9.76. The maximum atomic E-state index is 14.2. The Morgan fingerprint density at radius 3 is 1.01 bits per heavy atom. The summed E-state index contributed by atoms with van der Waals surface area (Å²) < 4.78 is 0. The minimum atomic E-state index is -2.10. The maximum absolute atomic E-state index is 14.2. The maximum Gasteiger partial charge on any atom is 0.326 e. The highest BCUT2D eigenvalue weighted by atomic mass is 32.1. The van der Waals surface area contributed by atoms with E-state index in [1.54, 1.807) is 27.7 Å². The highest BCUT2D eigenvalue weighted by molar-refractivity contribution is 7.80. The van der Waals surface area contributed by atoms with Crippen molar-refractivity contribution in [1.29, 1.82) is 0 Å². The SMILES string of the molecule is CC(C)C[C@H](NC(=O)[C@H](C)NC(=O)[C@H](CCC(=O)O)NC(=O)[C@H](CC(C)C)NC(=O)[C@H](CC(=O)O)NC(=O)[C@H](CS)NC(=O)[C@H](C)NC(=O)[C@@H](N)[C@@H](C)O)C(=O)N[C@H](C(=O)N[C@H](C(=O)N[C@@H](CCC(=O)O)C(=O)N[C@@H](CO)C(=O)N[C@@H](CO)C(=O)N[C@@H](CC(N)=O)C(=O)N[C@@H](CCC(N)=O)C(=O)O)[C@@H](C)O)C(C)C. The van der Waals surface area contributed by atoms with E-state index in [4.69, 9.17) is 17.2 Å². The zero-order chi connectivity index (χ0) is 84.2. The molecule has 0 aliphatic heterocycles. The van der Waals surface area contributed by atoms with Crippen molar-refractivity contribution < 1.29 is 137 Å². The second-order valence-corrected chi connectivity index (χ2v) is 26.9. The quantitative estimate of drug-likeness (QED) is 0.0252. The number of thiol groups is 1. The van der Waals surface area contributed by atoms with E-state index in [1.165, 1.54) is 27.7 Å². The normalized spacial score (nSPS) is 15.8. The molecule has 0 bridgehead atoms. The van der Waals surface area contributed by atoms with Crippen LogP contribution in [-0.2, 0) is 95.9 Å². The van der Waals surface area contributed by atoms with E-state index in [0.29, 0.717) is 0 Å². The molecule has 0 fully saturated rings. The molecule has 17 atom stereocenters. The van der Waals surface area contributed by atoms with Crippen LogP contribution >= 0.6 is 12.6 Å². The van der Waals surface area contributed by atoms with Crippen LogP contribution in [-0.4, -0.2) is 281 Å². The number of hydrogen-bond donors (Lipinski definition) is 26. The Balaban J connectivity index is 6.68. The highest BCUT2D eigenvalue weighted by Gasteiger charge is 2.40. The molecule has 45 nitrogen and oxygen atoms in total. The van der Waals surface area contributed by atoms with Crippen LogP contribution < -0.4 is 91.6 Å². The third-order valence-corrected chi connectivity index (χ3v) is 16.0. The van der Waals surface area contributed by atoms with E-state index < -0.39 is 309 Å². The largest absolute Gasteiger partial charge is 0.481 e. The Labute approximate surface area is 630 Å². The van der Waals surface area contributed by atoms with Gasteiger partial charge in [-0.15, -0.1) is 0 Å². The number of aliphatic hydroxyl groups is 4. The molecule has 0 radical (unpaired) electrons. The number of carbonyl (C=O) groups excluding carboxylic acids is 16. The van der Waals surface area contributed by atoms with Crippen LogP contribution in [0, 0.1) is 17.8 Å². The lowest BCUT2D eigenvalue weighted by Gasteiger charge is -2.30. The Morgan fingerprint density at radius 2 is 0.633 bits per heavy atom. The monoisotopic (exact) mass is 1580 g/mol. The first-order valence-electron chi connectivity index (χ1n) is 34.2. The standard InChI is InChI=1S/C63H105N17O28S/c1-24(2)17-34(73-55(99)37(20-45(91)92)75-59(103)40(23-109)78-50(94)28(8)68-60(104)46(66)29(9)83)53(97)69-31(12-15-43(87)88)51(95)67-27(7)49(93)72-35(18-25(3)4)56(100)79-47(26(5)6)61(105)80-48(30(10)84)62(106)70-32(13-16-44(89)90)52(96)76-39(22-82)58(102)77-38(21-81)57(101)74-36(19-42(65)86)54(98)71-33(63(107)108)11-14-41(64)85/h24-40,46-48,81-84,109H,11-23,66H2,1-10H3,(H2,64,85)(H2,65,86)(H,67,95)(H,68,104)(H,69,97)(H,70,106)(H,71,98)(H,72,93)(H,73,99)(H,74,101)(H,75,103)(H,76,96)(H,77,102)(H,78,94)(H,79,100)(H,80,105)(H,87,88)(H,89,90)(H,91,92)(H,107,108)/t27-,28-,29+,30+,31-,32-,33-,34-,35-,36-,37-,38-,39-,40-,46-,47-,48-/m0/s1. The first-order chi connectivity index (χ1) is 50.5. The molecule has 28 N–H and O–H groups in total. The summed E-state index contributed by atoms with van der Waals surface area (Å²) in [6.45, 7) is 11.3. The number of rotatable bonds is 52. The molecule has 0 aromatic rings. The van der Waals surface area contributed by atoms with Gasteiger partial charge in [-0.1, -0.05) is 41.5 Å². The Bertz CT molecular complexity index is 3250. The highest BCUT2D eigenvalue weighted by Crippen LogP contribution is 2.13. The fourth-order valence-electron chi connectivity index (χ4n) is 9.57. The average molecular weight is 1580 g/mol. The van der Waals surface area contributed by atoms with Crippen LogP contribution in [0.25, 0.3) is 0 Å². The lowest BCUT2D eigenvalue weighted by molar-refractivity contribution is -0.143. The van der Waals surface area contributed by atoms with Gasteiger partial charge in [0.25, 0.3) is 0 Å². The third kappa shape index (κ3) is 37.3. The number of aliphatic hydroxyl groups excluding tert-OH is 4. The van der Waals surface area contributed by atoms with Gasteiger partial charge in [0, 0.05) is 25.0 Å². The van der Waals surface area contributed by atoms with Crippen molar-refractivity contribution in [3.8, 4) is 0 Å². The van der Waals surface area contributed by atoms with E-state index in [2.05, 4.69) is 65.8 Å². The van der Waals surface area contributed by atoms with Crippen LogP contribution in [0.1, 0.15) is 133 Å². The number of carboxylic acid groups (broad SMARTS) is 4. The smallest absolute Gasteiger partial charge is 0.326 e. The molecule has 0 saturated heterocycles. The number of carboxylic acids is 4. The van der Waals surface area contributed by atoms with Gasteiger partial charge in [0.15, 0.2) is 0 Å². The lowest BCUT2D eigenvalue weighted by atomic mass is 9.99. The lowest BCUT2D eigenvalue weighted by Crippen LogP contribution is -2.63. The Kier molecular flexibility index (Phi) is 44.1. The van der Waals surface area contributed by atoms with Gasteiger partial charge < -0.3 is 132 Å². The molecule has 46 heteroatoms. The molecule has 0 unspecified atom stereocenters. The molecule has 0 aliphatic carbocycles. The number of hydrogen-bond acceptors (Lipinski definition) is 26. The van der Waals surface area contributed by atoms with E-state index in [1.807, 2.05) is 21.3 Å². The van der Waals surface area contributed by atoms with Crippen molar-refractivity contribution in [1.82, 2.24) is 74.4 Å². The van der Waals surface area contributed by atoms with Gasteiger partial charge in [0.2, 0.25) is 94.5 Å². The van der Waals surface area contributed by atoms with Crippen molar-refractivity contribution in [2.45, 2.75) is 236 Å². The second-order valence-electron chi connectivity index (χ2n) is 26.6. The molecular formula is C63H105N17O28S. The number of primary amides is 2. The zero-order valence-electron chi connectivity index (χ0n) is 61.7. The molecular weight excluding hydrogens is 1470 g/mol. The van der Waals surface area contributed by atoms with E-state index in [9.17, 15) is 137 Å². The topological polar surface area (TPSA) is 750 Å². The number of aliphatic carboxylic acids is 4. The van der Waals surface area contributed by atoms with Gasteiger partial charge in [-0.05, 0) is 77.6 Å². The van der Waals surface area contributed by atoms with Crippen molar-refractivity contribution in [2.75, 3.05) is 19.0 Å². The van der Waals surface area contributed by atoms with E-state index in [0.717, 1.165) is 13.8 Å². The van der Waals surface area contributed by atoms with Crippen molar-refractivity contribution in [2.24, 2.45) is 35.0 Å². The zero-order valence-corrected chi connectivity index (χ0v) is 62.6. The second kappa shape index (κ2) is 48.8.